The standard InChI is InChI=1S/C22H23N5O4/c1-4-31-18-11-14(5-10-17(18)28)20-19(13(2)25-22-23-12-24-27(20)22)21(29)26-15-6-8-16(30-3)9-7-15/h5-12,20,28H,4H2,1-3H3,(H,26,29)(H,23,24,25)/t20-/m1/s1. The summed E-state index contributed by atoms with van der Waals surface area (Å²) in [5.41, 5.74) is 2.49. The lowest BCUT2D eigenvalue weighted by atomic mass is 9.94. The molecule has 0 saturated heterocycles. The van der Waals surface area contributed by atoms with E-state index in [0.717, 1.165) is 5.56 Å². The first-order valence-corrected chi connectivity index (χ1v) is 9.80. The van der Waals surface area contributed by atoms with Crippen LogP contribution in [0.15, 0.2) is 60.1 Å². The lowest BCUT2D eigenvalue weighted by Crippen LogP contribution is -2.31. The first-order chi connectivity index (χ1) is 15.0. The minimum Gasteiger partial charge on any atom is -0.504 e. The summed E-state index contributed by atoms with van der Waals surface area (Å²) in [7, 11) is 1.59. The summed E-state index contributed by atoms with van der Waals surface area (Å²) in [6.45, 7) is 4.05. The molecule has 0 spiro atoms. The van der Waals surface area contributed by atoms with Crippen LogP contribution < -0.4 is 20.1 Å². The number of aromatic hydroxyl groups is 1. The Morgan fingerprint density at radius 2 is 2.03 bits per heavy atom. The van der Waals surface area contributed by atoms with Crippen LogP contribution in [0, 0.1) is 0 Å². The average molecular weight is 421 g/mol. The average Bonchev–Trinajstić information content (AvgIpc) is 3.23. The minimum absolute atomic E-state index is 0.0308. The molecule has 3 N–H and O–H groups in total. The van der Waals surface area contributed by atoms with Gasteiger partial charge in [-0.25, -0.2) is 4.68 Å². The highest BCUT2D eigenvalue weighted by Gasteiger charge is 2.34. The Morgan fingerprint density at radius 3 is 2.74 bits per heavy atom. The van der Waals surface area contributed by atoms with E-state index in [1.165, 1.54) is 6.33 Å². The van der Waals surface area contributed by atoms with E-state index in [-0.39, 0.29) is 11.7 Å². The molecule has 3 aromatic rings. The number of nitrogens with zero attached hydrogens (tertiary/aromatic N) is 3. The van der Waals surface area contributed by atoms with E-state index in [0.29, 0.717) is 41.0 Å². The van der Waals surface area contributed by atoms with E-state index < -0.39 is 6.04 Å². The number of phenolic OH excluding ortho intramolecular Hbond substituents is 1. The number of carbonyl (C=O) groups is 1. The topological polar surface area (TPSA) is 111 Å². The first-order valence-electron chi connectivity index (χ1n) is 9.80. The number of benzene rings is 2. The van der Waals surface area contributed by atoms with Gasteiger partial charge >= 0.3 is 0 Å². The van der Waals surface area contributed by atoms with Crippen molar-refractivity contribution in [3.63, 3.8) is 0 Å². The maximum atomic E-state index is 13.3. The molecule has 0 fully saturated rings. The molecule has 9 nitrogen and oxygen atoms in total. The number of allylic oxidation sites excluding steroid dienone is 1. The van der Waals surface area contributed by atoms with Gasteiger partial charge in [0, 0.05) is 11.4 Å². The van der Waals surface area contributed by atoms with Crippen LogP contribution in [0.25, 0.3) is 0 Å². The summed E-state index contributed by atoms with van der Waals surface area (Å²) in [6.07, 6.45) is 1.43. The van der Waals surface area contributed by atoms with Gasteiger partial charge in [-0.3, -0.25) is 4.79 Å². The third-order valence-corrected chi connectivity index (χ3v) is 4.99. The normalized spacial score (nSPS) is 15.1. The second-order valence-corrected chi connectivity index (χ2v) is 6.94. The number of fused-ring (bicyclic) bond motifs is 1. The Bertz CT molecular complexity index is 1140. The van der Waals surface area contributed by atoms with Crippen molar-refractivity contribution in [2.45, 2.75) is 19.9 Å². The fourth-order valence-electron chi connectivity index (χ4n) is 3.54. The third kappa shape index (κ3) is 3.89. The zero-order chi connectivity index (χ0) is 22.0. The smallest absolute Gasteiger partial charge is 0.255 e. The molecule has 0 saturated carbocycles. The molecule has 31 heavy (non-hydrogen) atoms. The highest BCUT2D eigenvalue weighted by atomic mass is 16.5. The molecule has 1 atom stereocenters. The van der Waals surface area contributed by atoms with E-state index in [2.05, 4.69) is 20.7 Å². The van der Waals surface area contributed by atoms with Crippen LogP contribution in [0.2, 0.25) is 0 Å². The molecule has 1 aliphatic rings. The number of amides is 1. The van der Waals surface area contributed by atoms with Crippen molar-refractivity contribution >= 4 is 17.5 Å². The van der Waals surface area contributed by atoms with Crippen molar-refractivity contribution in [2.24, 2.45) is 0 Å². The Labute approximate surface area is 179 Å². The van der Waals surface area contributed by atoms with Crippen LogP contribution in [-0.4, -0.2) is 39.5 Å². The van der Waals surface area contributed by atoms with Crippen LogP contribution in [0.3, 0.4) is 0 Å². The summed E-state index contributed by atoms with van der Waals surface area (Å²) < 4.78 is 12.3. The van der Waals surface area contributed by atoms with Crippen LogP contribution in [0.1, 0.15) is 25.5 Å². The van der Waals surface area contributed by atoms with Crippen molar-refractivity contribution in [1.82, 2.24) is 14.8 Å². The Morgan fingerprint density at radius 1 is 1.26 bits per heavy atom. The Hall–Kier alpha value is -4.01. The summed E-state index contributed by atoms with van der Waals surface area (Å²) in [4.78, 5) is 17.6. The zero-order valence-electron chi connectivity index (χ0n) is 17.4. The third-order valence-electron chi connectivity index (χ3n) is 4.99. The quantitative estimate of drug-likeness (QED) is 0.560. The molecule has 1 aromatic heterocycles. The maximum absolute atomic E-state index is 13.3. The lowest BCUT2D eigenvalue weighted by molar-refractivity contribution is -0.113. The van der Waals surface area contributed by atoms with Crippen molar-refractivity contribution in [2.75, 3.05) is 24.4 Å². The molecular formula is C22H23N5O4. The summed E-state index contributed by atoms with van der Waals surface area (Å²) >= 11 is 0. The molecule has 1 aliphatic heterocycles. The Kier molecular flexibility index (Phi) is 5.48. The van der Waals surface area contributed by atoms with Gasteiger partial charge < -0.3 is 25.2 Å². The van der Waals surface area contributed by atoms with Gasteiger partial charge in [-0.1, -0.05) is 6.07 Å². The van der Waals surface area contributed by atoms with Gasteiger partial charge in [0.05, 0.1) is 19.3 Å². The number of hydrogen-bond acceptors (Lipinski definition) is 7. The molecule has 0 bridgehead atoms. The van der Waals surface area contributed by atoms with E-state index >= 15 is 0 Å². The molecular weight excluding hydrogens is 398 g/mol. The highest BCUT2D eigenvalue weighted by Crippen LogP contribution is 2.38. The number of phenols is 1. The number of aromatic nitrogens is 3. The van der Waals surface area contributed by atoms with Gasteiger partial charge in [0.15, 0.2) is 11.5 Å². The van der Waals surface area contributed by atoms with Gasteiger partial charge in [-0.2, -0.15) is 10.1 Å². The largest absolute Gasteiger partial charge is 0.504 e. The monoisotopic (exact) mass is 421 g/mol. The first kappa shape index (κ1) is 20.3. The molecule has 4 rings (SSSR count). The van der Waals surface area contributed by atoms with Crippen molar-refractivity contribution < 1.29 is 19.4 Å². The van der Waals surface area contributed by atoms with Gasteiger partial charge in [0.2, 0.25) is 5.95 Å². The van der Waals surface area contributed by atoms with Crippen molar-refractivity contribution in [3.8, 4) is 17.2 Å². The number of ether oxygens (including phenoxy) is 2. The van der Waals surface area contributed by atoms with Crippen LogP contribution in [0.5, 0.6) is 17.2 Å². The summed E-state index contributed by atoms with van der Waals surface area (Å²) in [6, 6.07) is 11.5. The molecule has 0 aliphatic carbocycles. The second kappa shape index (κ2) is 8.39. The molecule has 0 unspecified atom stereocenters. The molecule has 9 heteroatoms. The number of carbonyl (C=O) groups excluding carboxylic acids is 1. The lowest BCUT2D eigenvalue weighted by Gasteiger charge is -2.29. The summed E-state index contributed by atoms with van der Waals surface area (Å²) in [5, 5.41) is 20.5. The number of hydrogen-bond donors (Lipinski definition) is 3. The highest BCUT2D eigenvalue weighted by molar-refractivity contribution is 6.06. The predicted octanol–water partition coefficient (Wildman–Crippen LogP) is 3.32. The predicted molar refractivity (Wildman–Crippen MR) is 115 cm³/mol. The van der Waals surface area contributed by atoms with Crippen molar-refractivity contribution in [3.05, 3.63) is 65.6 Å². The second-order valence-electron chi connectivity index (χ2n) is 6.94. The van der Waals surface area contributed by atoms with Gasteiger partial charge in [-0.15, -0.1) is 0 Å². The van der Waals surface area contributed by atoms with Gasteiger partial charge in [0.1, 0.15) is 18.1 Å². The molecule has 2 heterocycles. The van der Waals surface area contributed by atoms with Gasteiger partial charge in [-0.05, 0) is 55.8 Å². The summed E-state index contributed by atoms with van der Waals surface area (Å²) in [5.74, 6) is 1.31. The number of nitrogens with one attached hydrogen (secondary N) is 2. The number of anilines is 2. The van der Waals surface area contributed by atoms with E-state index in [1.54, 1.807) is 54.3 Å². The van der Waals surface area contributed by atoms with E-state index in [1.807, 2.05) is 13.8 Å². The zero-order valence-corrected chi connectivity index (χ0v) is 17.4. The SMILES string of the molecule is CCOc1cc([C@@H]2C(C(=O)Nc3ccc(OC)cc3)=C(C)Nc3ncnn32)ccc1O. The molecule has 2 aromatic carbocycles. The minimum atomic E-state index is -0.559. The molecule has 1 amide bonds. The van der Waals surface area contributed by atoms with E-state index in [4.69, 9.17) is 9.47 Å². The Balaban J connectivity index is 1.74. The van der Waals surface area contributed by atoms with Crippen molar-refractivity contribution in [1.29, 1.82) is 0 Å². The van der Waals surface area contributed by atoms with E-state index in [9.17, 15) is 9.90 Å². The molecule has 160 valence electrons. The fraction of sp³-hybridized carbons (Fsp3) is 0.227. The fourth-order valence-corrected chi connectivity index (χ4v) is 3.54. The number of rotatable bonds is 6. The van der Waals surface area contributed by atoms with Crippen LogP contribution >= 0.6 is 0 Å². The number of methoxy groups -OCH3 is 1. The van der Waals surface area contributed by atoms with Crippen LogP contribution in [-0.2, 0) is 4.79 Å². The maximum Gasteiger partial charge on any atom is 0.255 e. The van der Waals surface area contributed by atoms with Gasteiger partial charge in [0.25, 0.3) is 5.91 Å². The van der Waals surface area contributed by atoms with Crippen LogP contribution in [0.4, 0.5) is 11.6 Å². The molecule has 0 radical (unpaired) electrons.